The van der Waals surface area contributed by atoms with Crippen LogP contribution in [-0.4, -0.2) is 11.7 Å². The number of rotatable bonds is 1. The van der Waals surface area contributed by atoms with Crippen LogP contribution in [0.3, 0.4) is 0 Å². The van der Waals surface area contributed by atoms with Gasteiger partial charge in [0.2, 0.25) is 0 Å². The van der Waals surface area contributed by atoms with E-state index in [0.29, 0.717) is 6.42 Å². The summed E-state index contributed by atoms with van der Waals surface area (Å²) in [5.74, 6) is 1.73. The predicted octanol–water partition coefficient (Wildman–Crippen LogP) is 3.94. The van der Waals surface area contributed by atoms with Gasteiger partial charge in [-0.15, -0.1) is 0 Å². The fraction of sp³-hybridized carbons (Fsp3) is 0.294. The summed E-state index contributed by atoms with van der Waals surface area (Å²) in [4.78, 5) is 0. The second-order valence-corrected chi connectivity index (χ2v) is 6.42. The number of ether oxygens (including phenoxy) is 2. The molecule has 0 amide bonds. The van der Waals surface area contributed by atoms with Crippen LogP contribution in [0.1, 0.15) is 35.3 Å². The average molecular weight is 347 g/mol. The molecule has 0 aliphatic carbocycles. The molecule has 1 N–H and O–H groups in total. The average Bonchev–Trinajstić information content (AvgIpc) is 2.94. The van der Waals surface area contributed by atoms with Gasteiger partial charge in [0, 0.05) is 22.9 Å². The summed E-state index contributed by atoms with van der Waals surface area (Å²) in [6.07, 6.45) is 0.915. The highest BCUT2D eigenvalue weighted by Crippen LogP contribution is 2.42. The molecule has 108 valence electrons. The van der Waals surface area contributed by atoms with E-state index in [0.717, 1.165) is 40.1 Å². The quantitative estimate of drug-likeness (QED) is 0.849. The minimum atomic E-state index is -0.489. The Kier molecular flexibility index (Phi) is 3.16. The van der Waals surface area contributed by atoms with E-state index >= 15 is 0 Å². The van der Waals surface area contributed by atoms with Crippen molar-refractivity contribution in [3.05, 3.63) is 57.6 Å². The fourth-order valence-corrected chi connectivity index (χ4v) is 3.37. The maximum absolute atomic E-state index is 10.4. The molecular formula is C17H15BrO3. The number of hydrogen-bond acceptors (Lipinski definition) is 3. The highest BCUT2D eigenvalue weighted by atomic mass is 79.9. The molecule has 0 bridgehead atoms. The molecule has 0 saturated carbocycles. The molecule has 4 heteroatoms. The van der Waals surface area contributed by atoms with E-state index in [-0.39, 0.29) is 6.10 Å². The van der Waals surface area contributed by atoms with Gasteiger partial charge in [-0.3, -0.25) is 0 Å². The SMILES string of the molecule is O[C@H]1CC(c2ccc3c(c2)CCO3)Oc2cc(Br)ccc21. The summed E-state index contributed by atoms with van der Waals surface area (Å²) in [5.41, 5.74) is 3.19. The molecule has 0 radical (unpaired) electrons. The zero-order valence-electron chi connectivity index (χ0n) is 11.4. The van der Waals surface area contributed by atoms with Crippen LogP contribution in [0.4, 0.5) is 0 Å². The predicted molar refractivity (Wildman–Crippen MR) is 82.7 cm³/mol. The van der Waals surface area contributed by atoms with Gasteiger partial charge in [-0.05, 0) is 35.4 Å². The number of halogens is 1. The lowest BCUT2D eigenvalue weighted by Crippen LogP contribution is -2.19. The van der Waals surface area contributed by atoms with Crippen molar-refractivity contribution in [1.29, 1.82) is 0 Å². The minimum Gasteiger partial charge on any atom is -0.493 e. The first-order valence-electron chi connectivity index (χ1n) is 7.10. The topological polar surface area (TPSA) is 38.7 Å². The normalized spacial score (nSPS) is 23.0. The van der Waals surface area contributed by atoms with Crippen LogP contribution < -0.4 is 9.47 Å². The van der Waals surface area contributed by atoms with Gasteiger partial charge >= 0.3 is 0 Å². The van der Waals surface area contributed by atoms with Gasteiger partial charge in [0.05, 0.1) is 12.7 Å². The van der Waals surface area contributed by atoms with E-state index in [4.69, 9.17) is 9.47 Å². The summed E-state index contributed by atoms with van der Waals surface area (Å²) >= 11 is 3.45. The van der Waals surface area contributed by atoms with Gasteiger partial charge in [0.1, 0.15) is 17.6 Å². The third-order valence-corrected chi connectivity index (χ3v) is 4.62. The van der Waals surface area contributed by atoms with Crippen LogP contribution in [0.25, 0.3) is 0 Å². The zero-order valence-corrected chi connectivity index (χ0v) is 13.0. The summed E-state index contributed by atoms with van der Waals surface area (Å²) in [5, 5.41) is 10.4. The van der Waals surface area contributed by atoms with Crippen LogP contribution in [0.2, 0.25) is 0 Å². The molecular weight excluding hydrogens is 332 g/mol. The first-order valence-corrected chi connectivity index (χ1v) is 7.90. The first-order chi connectivity index (χ1) is 10.2. The Labute approximate surface area is 131 Å². The van der Waals surface area contributed by atoms with Crippen molar-refractivity contribution in [2.24, 2.45) is 0 Å². The molecule has 2 aliphatic rings. The van der Waals surface area contributed by atoms with E-state index in [1.165, 1.54) is 5.56 Å². The molecule has 1 unspecified atom stereocenters. The number of aliphatic hydroxyl groups is 1. The smallest absolute Gasteiger partial charge is 0.127 e. The molecule has 0 saturated heterocycles. The van der Waals surface area contributed by atoms with Crippen LogP contribution in [0, 0.1) is 0 Å². The summed E-state index contributed by atoms with van der Waals surface area (Å²) < 4.78 is 12.6. The zero-order chi connectivity index (χ0) is 14.4. The maximum Gasteiger partial charge on any atom is 0.127 e. The monoisotopic (exact) mass is 346 g/mol. The van der Waals surface area contributed by atoms with Crippen LogP contribution in [0.5, 0.6) is 11.5 Å². The van der Waals surface area contributed by atoms with Crippen molar-refractivity contribution in [1.82, 2.24) is 0 Å². The first kappa shape index (κ1) is 13.2. The van der Waals surface area contributed by atoms with E-state index in [1.807, 2.05) is 30.3 Å². The van der Waals surface area contributed by atoms with Crippen LogP contribution in [0.15, 0.2) is 40.9 Å². The third kappa shape index (κ3) is 2.32. The van der Waals surface area contributed by atoms with Crippen molar-refractivity contribution in [3.63, 3.8) is 0 Å². The van der Waals surface area contributed by atoms with Gasteiger partial charge in [-0.1, -0.05) is 28.1 Å². The van der Waals surface area contributed by atoms with Crippen molar-refractivity contribution >= 4 is 15.9 Å². The largest absolute Gasteiger partial charge is 0.493 e. The Balaban J connectivity index is 1.68. The van der Waals surface area contributed by atoms with Crippen molar-refractivity contribution in [2.75, 3.05) is 6.61 Å². The molecule has 2 aromatic carbocycles. The van der Waals surface area contributed by atoms with Gasteiger partial charge in [0.15, 0.2) is 0 Å². The van der Waals surface area contributed by atoms with E-state index in [9.17, 15) is 5.11 Å². The molecule has 2 heterocycles. The Morgan fingerprint density at radius 2 is 2.00 bits per heavy atom. The minimum absolute atomic E-state index is 0.118. The van der Waals surface area contributed by atoms with Crippen LogP contribution >= 0.6 is 15.9 Å². The number of aliphatic hydroxyl groups excluding tert-OH is 1. The Bertz CT molecular complexity index is 698. The Morgan fingerprint density at radius 3 is 2.90 bits per heavy atom. The second kappa shape index (κ2) is 5.04. The molecule has 4 rings (SSSR count). The lowest BCUT2D eigenvalue weighted by atomic mass is 9.94. The second-order valence-electron chi connectivity index (χ2n) is 5.51. The molecule has 2 atom stereocenters. The van der Waals surface area contributed by atoms with E-state index in [2.05, 4.69) is 22.0 Å². The standard InChI is InChI=1S/C17H15BrO3/c18-12-2-3-13-14(19)9-16(21-17(13)8-12)10-1-4-15-11(7-10)5-6-20-15/h1-4,7-8,14,16,19H,5-6,9H2/t14-,16?/m0/s1. The maximum atomic E-state index is 10.4. The van der Waals surface area contributed by atoms with E-state index in [1.54, 1.807) is 0 Å². The van der Waals surface area contributed by atoms with Gasteiger partial charge < -0.3 is 14.6 Å². The van der Waals surface area contributed by atoms with Crippen LogP contribution in [-0.2, 0) is 6.42 Å². The molecule has 0 fully saturated rings. The lowest BCUT2D eigenvalue weighted by Gasteiger charge is -2.30. The van der Waals surface area contributed by atoms with Crippen molar-refractivity contribution in [2.45, 2.75) is 25.0 Å². The number of hydrogen-bond donors (Lipinski definition) is 1. The highest BCUT2D eigenvalue weighted by molar-refractivity contribution is 9.10. The summed E-state index contributed by atoms with van der Waals surface area (Å²) in [6, 6.07) is 11.9. The molecule has 3 nitrogen and oxygen atoms in total. The van der Waals surface area contributed by atoms with Crippen molar-refractivity contribution < 1.29 is 14.6 Å². The summed E-state index contributed by atoms with van der Waals surface area (Å²) in [7, 11) is 0. The van der Waals surface area contributed by atoms with Gasteiger partial charge in [-0.2, -0.15) is 0 Å². The molecule has 0 spiro atoms. The Morgan fingerprint density at radius 1 is 1.10 bits per heavy atom. The number of benzene rings is 2. The molecule has 21 heavy (non-hydrogen) atoms. The highest BCUT2D eigenvalue weighted by Gasteiger charge is 2.29. The molecule has 2 aromatic rings. The van der Waals surface area contributed by atoms with Gasteiger partial charge in [-0.25, -0.2) is 0 Å². The molecule has 2 aliphatic heterocycles. The van der Waals surface area contributed by atoms with E-state index < -0.39 is 6.10 Å². The fourth-order valence-electron chi connectivity index (χ4n) is 3.03. The van der Waals surface area contributed by atoms with Crippen molar-refractivity contribution in [3.8, 4) is 11.5 Å². The summed E-state index contributed by atoms with van der Waals surface area (Å²) in [6.45, 7) is 0.753. The Hall–Kier alpha value is -1.52. The number of fused-ring (bicyclic) bond motifs is 2. The molecule has 0 aromatic heterocycles. The van der Waals surface area contributed by atoms with Gasteiger partial charge in [0.25, 0.3) is 0 Å². The lowest BCUT2D eigenvalue weighted by molar-refractivity contribution is 0.0656. The third-order valence-electron chi connectivity index (χ3n) is 4.13.